The quantitative estimate of drug-likeness (QED) is 0.414. The number of fused-ring (bicyclic) bond motifs is 1. The van der Waals surface area contributed by atoms with Crippen LogP contribution in [0.15, 0.2) is 53.0 Å². The normalized spacial score (nSPS) is 10.9. The number of H-pyrrole nitrogens is 1. The van der Waals surface area contributed by atoms with E-state index in [1.165, 1.54) is 23.1 Å². The third-order valence-corrected chi connectivity index (χ3v) is 5.28. The Morgan fingerprint density at radius 3 is 2.88 bits per heavy atom. The van der Waals surface area contributed by atoms with E-state index in [0.29, 0.717) is 16.6 Å². The van der Waals surface area contributed by atoms with Gasteiger partial charge in [0, 0.05) is 6.20 Å². The summed E-state index contributed by atoms with van der Waals surface area (Å²) in [6, 6.07) is 13.1. The van der Waals surface area contributed by atoms with Crippen molar-refractivity contribution in [3.63, 3.8) is 0 Å². The van der Waals surface area contributed by atoms with E-state index in [4.69, 9.17) is 0 Å². The number of anilines is 1. The van der Waals surface area contributed by atoms with E-state index < -0.39 is 0 Å². The van der Waals surface area contributed by atoms with E-state index >= 15 is 0 Å². The van der Waals surface area contributed by atoms with Crippen LogP contribution in [0.25, 0.3) is 11.0 Å². The van der Waals surface area contributed by atoms with E-state index in [1.807, 2.05) is 24.3 Å². The molecule has 9 heteroatoms. The molecule has 4 rings (SSSR count). The number of imidazole rings is 1. The number of thioether (sulfide) groups is 1. The van der Waals surface area contributed by atoms with Gasteiger partial charge in [0.15, 0.2) is 4.34 Å². The predicted octanol–water partition coefficient (Wildman–Crippen LogP) is 3.35. The SMILES string of the molecule is O=C(Nc1nnc(SCc2nc3ccccc3[nH]2)s1)c1ccccn1. The minimum Gasteiger partial charge on any atom is -0.341 e. The van der Waals surface area contributed by atoms with E-state index in [2.05, 4.69) is 30.5 Å². The van der Waals surface area contributed by atoms with Crippen molar-refractivity contribution >= 4 is 45.2 Å². The molecule has 2 N–H and O–H groups in total. The zero-order valence-electron chi connectivity index (χ0n) is 12.8. The average Bonchev–Trinajstić information content (AvgIpc) is 3.26. The standard InChI is InChI=1S/C16H12N6OS2/c23-14(12-7-3-4-8-17-12)20-15-21-22-16(25-15)24-9-13-18-10-5-1-2-6-11(10)19-13/h1-8H,9H2,(H,18,19)(H,20,21,23). The van der Waals surface area contributed by atoms with Crippen LogP contribution < -0.4 is 5.32 Å². The van der Waals surface area contributed by atoms with Gasteiger partial charge in [0.1, 0.15) is 11.5 Å². The van der Waals surface area contributed by atoms with Crippen molar-refractivity contribution in [2.45, 2.75) is 10.1 Å². The van der Waals surface area contributed by atoms with Crippen LogP contribution in [0.2, 0.25) is 0 Å². The molecule has 0 aliphatic heterocycles. The second kappa shape index (κ2) is 6.99. The number of amides is 1. The smallest absolute Gasteiger partial charge is 0.276 e. The Morgan fingerprint density at radius 1 is 1.16 bits per heavy atom. The summed E-state index contributed by atoms with van der Waals surface area (Å²) in [6.45, 7) is 0. The third-order valence-electron chi connectivity index (χ3n) is 3.30. The summed E-state index contributed by atoms with van der Waals surface area (Å²) in [5.41, 5.74) is 2.30. The van der Waals surface area contributed by atoms with Crippen molar-refractivity contribution in [2.24, 2.45) is 0 Å². The molecular formula is C16H12N6OS2. The largest absolute Gasteiger partial charge is 0.341 e. The Labute approximate surface area is 150 Å². The maximum Gasteiger partial charge on any atom is 0.276 e. The molecule has 0 fully saturated rings. The lowest BCUT2D eigenvalue weighted by molar-refractivity contribution is 0.102. The van der Waals surface area contributed by atoms with Gasteiger partial charge < -0.3 is 4.98 Å². The number of nitrogens with zero attached hydrogens (tertiary/aromatic N) is 4. The Kier molecular flexibility index (Phi) is 4.40. The highest BCUT2D eigenvalue weighted by Crippen LogP contribution is 2.28. The molecule has 3 aromatic heterocycles. The lowest BCUT2D eigenvalue weighted by atomic mass is 10.3. The molecule has 7 nitrogen and oxygen atoms in total. The van der Waals surface area contributed by atoms with Gasteiger partial charge in [0.05, 0.1) is 16.8 Å². The molecule has 0 radical (unpaired) electrons. The van der Waals surface area contributed by atoms with E-state index in [-0.39, 0.29) is 5.91 Å². The maximum atomic E-state index is 12.0. The van der Waals surface area contributed by atoms with Gasteiger partial charge in [-0.1, -0.05) is 41.3 Å². The van der Waals surface area contributed by atoms with Crippen LogP contribution in [0, 0.1) is 0 Å². The van der Waals surface area contributed by atoms with Crippen molar-refractivity contribution in [3.8, 4) is 0 Å². The zero-order chi connectivity index (χ0) is 17.1. The van der Waals surface area contributed by atoms with Crippen molar-refractivity contribution in [1.29, 1.82) is 0 Å². The fourth-order valence-electron chi connectivity index (χ4n) is 2.18. The van der Waals surface area contributed by atoms with E-state index in [1.54, 1.807) is 24.4 Å². The van der Waals surface area contributed by atoms with Gasteiger partial charge in [0.2, 0.25) is 5.13 Å². The van der Waals surface area contributed by atoms with Gasteiger partial charge in [-0.25, -0.2) is 4.98 Å². The molecule has 124 valence electrons. The summed E-state index contributed by atoms with van der Waals surface area (Å²) in [6.07, 6.45) is 1.57. The summed E-state index contributed by atoms with van der Waals surface area (Å²) in [4.78, 5) is 23.8. The number of rotatable bonds is 5. The van der Waals surface area contributed by atoms with Crippen LogP contribution in [0.5, 0.6) is 0 Å². The van der Waals surface area contributed by atoms with Crippen molar-refractivity contribution in [3.05, 3.63) is 60.2 Å². The first-order valence-corrected chi connectivity index (χ1v) is 9.20. The lowest BCUT2D eigenvalue weighted by Gasteiger charge is -1.98. The number of hydrogen-bond donors (Lipinski definition) is 2. The number of aromatic amines is 1. The van der Waals surface area contributed by atoms with E-state index in [0.717, 1.165) is 21.2 Å². The van der Waals surface area contributed by atoms with Gasteiger partial charge in [0.25, 0.3) is 5.91 Å². The van der Waals surface area contributed by atoms with Crippen LogP contribution >= 0.6 is 23.1 Å². The van der Waals surface area contributed by atoms with Crippen LogP contribution in [-0.4, -0.2) is 31.1 Å². The molecule has 0 atom stereocenters. The van der Waals surface area contributed by atoms with Gasteiger partial charge >= 0.3 is 0 Å². The molecule has 1 amide bonds. The first-order chi connectivity index (χ1) is 12.3. The monoisotopic (exact) mass is 368 g/mol. The number of hydrogen-bond acceptors (Lipinski definition) is 7. The van der Waals surface area contributed by atoms with Crippen molar-refractivity contribution < 1.29 is 4.79 Å². The zero-order valence-corrected chi connectivity index (χ0v) is 14.5. The first kappa shape index (κ1) is 15.7. The maximum absolute atomic E-state index is 12.0. The second-order valence-electron chi connectivity index (χ2n) is 5.03. The minimum atomic E-state index is -0.300. The van der Waals surface area contributed by atoms with Gasteiger partial charge in [-0.2, -0.15) is 0 Å². The third kappa shape index (κ3) is 3.67. The molecule has 0 bridgehead atoms. The molecule has 0 spiro atoms. The molecular weight excluding hydrogens is 356 g/mol. The van der Waals surface area contributed by atoms with Gasteiger partial charge in [-0.05, 0) is 24.3 Å². The summed E-state index contributed by atoms with van der Waals surface area (Å²) in [7, 11) is 0. The second-order valence-corrected chi connectivity index (χ2v) is 7.23. The number of para-hydroxylation sites is 2. The van der Waals surface area contributed by atoms with E-state index in [9.17, 15) is 4.79 Å². The van der Waals surface area contributed by atoms with Crippen LogP contribution in [0.1, 0.15) is 16.3 Å². The molecule has 4 aromatic rings. The van der Waals surface area contributed by atoms with Crippen LogP contribution in [0.4, 0.5) is 5.13 Å². The summed E-state index contributed by atoms with van der Waals surface area (Å²) < 4.78 is 0.761. The fourth-order valence-corrected chi connectivity index (χ4v) is 3.80. The number of carbonyl (C=O) groups excluding carboxylic acids is 1. The van der Waals surface area contributed by atoms with Gasteiger partial charge in [-0.15, -0.1) is 10.2 Å². The Balaban J connectivity index is 1.39. The summed E-state index contributed by atoms with van der Waals surface area (Å²) in [5, 5.41) is 11.2. The molecule has 25 heavy (non-hydrogen) atoms. The lowest BCUT2D eigenvalue weighted by Crippen LogP contribution is -2.13. The molecule has 0 aliphatic rings. The Hall–Kier alpha value is -2.78. The molecule has 1 aromatic carbocycles. The minimum absolute atomic E-state index is 0.300. The van der Waals surface area contributed by atoms with Crippen molar-refractivity contribution in [2.75, 3.05) is 5.32 Å². The first-order valence-electron chi connectivity index (χ1n) is 7.40. The number of pyridine rings is 1. The number of aromatic nitrogens is 5. The number of carbonyl (C=O) groups is 1. The average molecular weight is 368 g/mol. The highest BCUT2D eigenvalue weighted by Gasteiger charge is 2.12. The molecule has 0 unspecified atom stereocenters. The van der Waals surface area contributed by atoms with Crippen LogP contribution in [-0.2, 0) is 5.75 Å². The molecule has 0 saturated heterocycles. The predicted molar refractivity (Wildman–Crippen MR) is 97.8 cm³/mol. The topological polar surface area (TPSA) is 96.5 Å². The molecule has 3 heterocycles. The summed E-state index contributed by atoms with van der Waals surface area (Å²) >= 11 is 2.84. The fraction of sp³-hybridized carbons (Fsp3) is 0.0625. The molecule has 0 saturated carbocycles. The van der Waals surface area contributed by atoms with Crippen molar-refractivity contribution in [1.82, 2.24) is 25.1 Å². The summed E-state index contributed by atoms with van der Waals surface area (Å²) in [5.74, 6) is 1.23. The molecule has 0 aliphatic carbocycles. The van der Waals surface area contributed by atoms with Gasteiger partial charge in [-0.3, -0.25) is 15.1 Å². The highest BCUT2D eigenvalue weighted by molar-refractivity contribution is 8.00. The highest BCUT2D eigenvalue weighted by atomic mass is 32.2. The Bertz CT molecular complexity index is 981. The number of nitrogens with one attached hydrogen (secondary N) is 2. The number of benzene rings is 1. The van der Waals surface area contributed by atoms with Crippen LogP contribution in [0.3, 0.4) is 0 Å². The Morgan fingerprint density at radius 2 is 2.04 bits per heavy atom.